The van der Waals surface area contributed by atoms with Gasteiger partial charge in [-0.1, -0.05) is 0 Å². The monoisotopic (exact) mass is 434 g/mol. The number of nitrogens with one attached hydrogen (secondary N) is 2. The number of fused-ring (bicyclic) bond motifs is 1. The van der Waals surface area contributed by atoms with Crippen molar-refractivity contribution in [1.82, 2.24) is 19.9 Å². The second kappa shape index (κ2) is 7.99. The third-order valence-corrected chi connectivity index (χ3v) is 5.15. The van der Waals surface area contributed by atoms with Crippen molar-refractivity contribution in [3.63, 3.8) is 0 Å². The molecular weight excluding hydrogens is 417 g/mol. The molecule has 0 aliphatic carbocycles. The van der Waals surface area contributed by atoms with Crippen LogP contribution in [0.3, 0.4) is 0 Å². The molecule has 0 saturated carbocycles. The summed E-state index contributed by atoms with van der Waals surface area (Å²) >= 11 is 0. The van der Waals surface area contributed by atoms with Gasteiger partial charge < -0.3 is 15.0 Å². The number of carbonyl (C=O) groups excluding carboxylic acids is 1. The molecule has 0 spiro atoms. The molecular formula is C20H17F3N4O4. The van der Waals surface area contributed by atoms with Gasteiger partial charge in [0.05, 0.1) is 42.0 Å². The summed E-state index contributed by atoms with van der Waals surface area (Å²) in [7, 11) is 0. The molecule has 1 saturated heterocycles. The van der Waals surface area contributed by atoms with Crippen molar-refractivity contribution >= 4 is 16.8 Å². The Kier molecular flexibility index (Phi) is 5.36. The molecule has 4 rings (SSSR count). The van der Waals surface area contributed by atoms with E-state index >= 15 is 0 Å². The molecule has 2 aromatic heterocycles. The Morgan fingerprint density at radius 3 is 2.61 bits per heavy atom. The topological polar surface area (TPSA) is 106 Å². The summed E-state index contributed by atoms with van der Waals surface area (Å²) in [5.74, 6) is -3.77. The fourth-order valence-corrected chi connectivity index (χ4v) is 3.54. The van der Waals surface area contributed by atoms with Gasteiger partial charge in [0.15, 0.2) is 0 Å². The Morgan fingerprint density at radius 1 is 1.23 bits per heavy atom. The van der Waals surface area contributed by atoms with Crippen molar-refractivity contribution < 1.29 is 22.7 Å². The van der Waals surface area contributed by atoms with Gasteiger partial charge in [0, 0.05) is 12.0 Å². The SMILES string of the molecule is C[C@@H](NC(=O)[C@H](C1COC1)n1c(=O)[nH]c2ccc(F)cc2c1=O)c1ncc(F)cc1F. The molecule has 1 aromatic carbocycles. The highest BCUT2D eigenvalue weighted by molar-refractivity contribution is 5.82. The van der Waals surface area contributed by atoms with Gasteiger partial charge in [0.1, 0.15) is 23.5 Å². The highest BCUT2D eigenvalue weighted by atomic mass is 19.1. The Hall–Kier alpha value is -3.47. The van der Waals surface area contributed by atoms with Gasteiger partial charge in [-0.05, 0) is 25.1 Å². The largest absolute Gasteiger partial charge is 0.380 e. The molecule has 3 heterocycles. The minimum Gasteiger partial charge on any atom is -0.380 e. The lowest BCUT2D eigenvalue weighted by molar-refractivity contribution is -0.134. The molecule has 1 fully saturated rings. The summed E-state index contributed by atoms with van der Waals surface area (Å²) in [4.78, 5) is 44.8. The molecule has 1 amide bonds. The van der Waals surface area contributed by atoms with Crippen LogP contribution in [0.4, 0.5) is 13.2 Å². The van der Waals surface area contributed by atoms with Crippen LogP contribution in [0.15, 0.2) is 40.1 Å². The first kappa shape index (κ1) is 20.8. The Balaban J connectivity index is 1.74. The van der Waals surface area contributed by atoms with Crippen LogP contribution in [0.5, 0.6) is 0 Å². The first-order valence-corrected chi connectivity index (χ1v) is 9.39. The van der Waals surface area contributed by atoms with Crippen molar-refractivity contribution in [3.05, 3.63) is 74.4 Å². The number of nitrogens with zero attached hydrogens (tertiary/aromatic N) is 2. The van der Waals surface area contributed by atoms with Crippen LogP contribution in [-0.4, -0.2) is 33.7 Å². The summed E-state index contributed by atoms with van der Waals surface area (Å²) in [6.45, 7) is 1.66. The summed E-state index contributed by atoms with van der Waals surface area (Å²) in [5.41, 5.74) is -1.78. The zero-order chi connectivity index (χ0) is 22.3. The molecule has 11 heteroatoms. The normalized spacial score (nSPS) is 16.0. The zero-order valence-electron chi connectivity index (χ0n) is 16.2. The third kappa shape index (κ3) is 3.83. The molecule has 8 nitrogen and oxygen atoms in total. The van der Waals surface area contributed by atoms with Crippen molar-refractivity contribution in [2.45, 2.75) is 19.0 Å². The molecule has 2 atom stereocenters. The predicted octanol–water partition coefficient (Wildman–Crippen LogP) is 1.57. The van der Waals surface area contributed by atoms with E-state index in [9.17, 15) is 27.6 Å². The Bertz CT molecular complexity index is 1290. The van der Waals surface area contributed by atoms with E-state index < -0.39 is 52.6 Å². The smallest absolute Gasteiger partial charge is 0.329 e. The summed E-state index contributed by atoms with van der Waals surface area (Å²) in [6.07, 6.45) is 0.811. The zero-order valence-corrected chi connectivity index (χ0v) is 16.2. The highest BCUT2D eigenvalue weighted by Crippen LogP contribution is 2.25. The van der Waals surface area contributed by atoms with Gasteiger partial charge in [-0.15, -0.1) is 0 Å². The minimum atomic E-state index is -1.29. The molecule has 0 bridgehead atoms. The van der Waals surface area contributed by atoms with E-state index in [0.29, 0.717) is 10.6 Å². The van der Waals surface area contributed by atoms with Gasteiger partial charge in [-0.3, -0.25) is 14.6 Å². The number of hydrogen-bond donors (Lipinski definition) is 2. The number of ether oxygens (including phenoxy) is 1. The van der Waals surface area contributed by atoms with Crippen LogP contribution >= 0.6 is 0 Å². The Morgan fingerprint density at radius 2 is 1.97 bits per heavy atom. The van der Waals surface area contributed by atoms with Crippen molar-refractivity contribution in [2.75, 3.05) is 13.2 Å². The third-order valence-electron chi connectivity index (χ3n) is 5.15. The van der Waals surface area contributed by atoms with E-state index in [4.69, 9.17) is 4.74 Å². The molecule has 2 N–H and O–H groups in total. The number of benzene rings is 1. The van der Waals surface area contributed by atoms with Gasteiger partial charge in [0.25, 0.3) is 5.56 Å². The van der Waals surface area contributed by atoms with E-state index in [-0.39, 0.29) is 29.8 Å². The van der Waals surface area contributed by atoms with Crippen LogP contribution < -0.4 is 16.6 Å². The number of aromatic nitrogens is 3. The Labute approximate surface area is 172 Å². The summed E-state index contributed by atoms with van der Waals surface area (Å²) in [6, 6.07) is 1.68. The van der Waals surface area contributed by atoms with E-state index in [0.717, 1.165) is 18.3 Å². The van der Waals surface area contributed by atoms with Gasteiger partial charge in [-0.25, -0.2) is 22.5 Å². The highest BCUT2D eigenvalue weighted by Gasteiger charge is 2.38. The molecule has 0 radical (unpaired) electrons. The van der Waals surface area contributed by atoms with Crippen LogP contribution in [0.25, 0.3) is 10.9 Å². The predicted molar refractivity (Wildman–Crippen MR) is 103 cm³/mol. The van der Waals surface area contributed by atoms with Gasteiger partial charge >= 0.3 is 5.69 Å². The quantitative estimate of drug-likeness (QED) is 0.634. The molecule has 1 aliphatic rings. The number of halogens is 3. The first-order valence-electron chi connectivity index (χ1n) is 9.39. The molecule has 162 valence electrons. The number of pyridine rings is 1. The number of amides is 1. The number of rotatable bonds is 5. The van der Waals surface area contributed by atoms with E-state index in [1.165, 1.54) is 13.0 Å². The van der Waals surface area contributed by atoms with Gasteiger partial charge in [-0.2, -0.15) is 0 Å². The van der Waals surface area contributed by atoms with Crippen LogP contribution in [-0.2, 0) is 9.53 Å². The summed E-state index contributed by atoms with van der Waals surface area (Å²) in [5, 5.41) is 2.41. The molecule has 31 heavy (non-hydrogen) atoms. The molecule has 1 aliphatic heterocycles. The summed E-state index contributed by atoms with van der Waals surface area (Å²) < 4.78 is 46.6. The maximum absolute atomic E-state index is 14.0. The second-order valence-electron chi connectivity index (χ2n) is 7.29. The molecule has 0 unspecified atom stereocenters. The van der Waals surface area contributed by atoms with E-state index in [1.54, 1.807) is 0 Å². The van der Waals surface area contributed by atoms with Crippen molar-refractivity contribution in [2.24, 2.45) is 5.92 Å². The lowest BCUT2D eigenvalue weighted by Gasteiger charge is -2.34. The van der Waals surface area contributed by atoms with Gasteiger partial charge in [0.2, 0.25) is 5.91 Å². The van der Waals surface area contributed by atoms with Crippen molar-refractivity contribution in [3.8, 4) is 0 Å². The maximum atomic E-state index is 14.0. The number of carbonyl (C=O) groups is 1. The van der Waals surface area contributed by atoms with Crippen LogP contribution in [0.1, 0.15) is 24.7 Å². The number of aromatic amines is 1. The first-order chi connectivity index (χ1) is 14.8. The standard InChI is InChI=1S/C20H17F3N4O4/c1-9(16-14(23)5-12(22)6-24-16)25-18(28)17(10-7-31-8-10)27-19(29)13-4-11(21)2-3-15(13)26-20(27)30/h2-6,9-10,17H,7-8H2,1H3,(H,25,28)(H,26,30)/t9-,17+/m1/s1. The fourth-order valence-electron chi connectivity index (χ4n) is 3.54. The lowest BCUT2D eigenvalue weighted by Crippen LogP contribution is -2.52. The van der Waals surface area contributed by atoms with Crippen molar-refractivity contribution in [1.29, 1.82) is 0 Å². The minimum absolute atomic E-state index is 0.100. The molecule has 3 aromatic rings. The fraction of sp³-hybridized carbons (Fsp3) is 0.300. The number of H-pyrrole nitrogens is 1. The van der Waals surface area contributed by atoms with E-state index in [2.05, 4.69) is 15.3 Å². The maximum Gasteiger partial charge on any atom is 0.329 e. The second-order valence-corrected chi connectivity index (χ2v) is 7.29. The lowest BCUT2D eigenvalue weighted by atomic mass is 9.96. The van der Waals surface area contributed by atoms with E-state index in [1.807, 2.05) is 0 Å². The van der Waals surface area contributed by atoms with Crippen LogP contribution in [0.2, 0.25) is 0 Å². The average molecular weight is 434 g/mol. The number of hydrogen-bond acceptors (Lipinski definition) is 5. The average Bonchev–Trinajstić information content (AvgIpc) is 2.66. The van der Waals surface area contributed by atoms with Crippen LogP contribution in [0, 0.1) is 23.4 Å².